The third-order valence-electron chi connectivity index (χ3n) is 8.48. The van der Waals surface area contributed by atoms with Crippen molar-refractivity contribution in [3.63, 3.8) is 0 Å². The molecule has 8 aromatic carbocycles. The average molecular weight is 539 g/mol. The molecule has 0 atom stereocenters. The Bertz CT molecular complexity index is 2160. The van der Waals surface area contributed by atoms with Crippen molar-refractivity contribution < 1.29 is 10.2 Å². The van der Waals surface area contributed by atoms with Crippen molar-refractivity contribution in [3.05, 3.63) is 146 Å². The van der Waals surface area contributed by atoms with Crippen molar-refractivity contribution in [3.8, 4) is 44.9 Å². The van der Waals surface area contributed by atoms with Gasteiger partial charge in [0, 0.05) is 22.3 Å². The van der Waals surface area contributed by atoms with E-state index in [2.05, 4.69) is 84.9 Å². The minimum absolute atomic E-state index is 0.147. The highest BCUT2D eigenvalue weighted by atomic mass is 16.3. The molecular weight excluding hydrogens is 512 g/mol. The molecule has 42 heavy (non-hydrogen) atoms. The summed E-state index contributed by atoms with van der Waals surface area (Å²) in [6.45, 7) is 0. The van der Waals surface area contributed by atoms with E-state index in [1.807, 2.05) is 60.7 Å². The molecule has 0 unspecified atom stereocenters. The van der Waals surface area contributed by atoms with Crippen LogP contribution in [0, 0.1) is 0 Å². The summed E-state index contributed by atoms with van der Waals surface area (Å²) in [5.74, 6) is 0.294. The van der Waals surface area contributed by atoms with Gasteiger partial charge in [-0.25, -0.2) is 0 Å². The first-order chi connectivity index (χ1) is 20.7. The van der Waals surface area contributed by atoms with Crippen molar-refractivity contribution in [2.75, 3.05) is 0 Å². The Morgan fingerprint density at radius 3 is 0.976 bits per heavy atom. The van der Waals surface area contributed by atoms with Crippen molar-refractivity contribution >= 4 is 43.1 Å². The van der Waals surface area contributed by atoms with Crippen molar-refractivity contribution in [1.82, 2.24) is 0 Å². The van der Waals surface area contributed by atoms with Gasteiger partial charge in [0.2, 0.25) is 0 Å². The molecule has 0 aliphatic heterocycles. The second kappa shape index (κ2) is 9.50. The van der Waals surface area contributed by atoms with E-state index < -0.39 is 0 Å². The van der Waals surface area contributed by atoms with E-state index >= 15 is 0 Å². The van der Waals surface area contributed by atoms with Crippen LogP contribution in [0.3, 0.4) is 0 Å². The van der Waals surface area contributed by atoms with Crippen LogP contribution in [0.15, 0.2) is 146 Å². The van der Waals surface area contributed by atoms with Crippen LogP contribution in [0.2, 0.25) is 0 Å². The SMILES string of the molecule is Oc1c(-c2cccc(-c3cc4ccccc4c4ccccc34)c2O)cccc1-c1cc2ccccc2c2ccccc12. The van der Waals surface area contributed by atoms with Crippen molar-refractivity contribution in [2.45, 2.75) is 0 Å². The fourth-order valence-electron chi connectivity index (χ4n) is 6.51. The smallest absolute Gasteiger partial charge is 0.131 e. The minimum Gasteiger partial charge on any atom is -0.507 e. The Morgan fingerprint density at radius 1 is 0.262 bits per heavy atom. The standard InChI is InChI=1S/C40H26O2/c41-39-33(19-9-21-35(39)37-23-25-11-1-3-13-27(25)29-15-5-7-17-31(29)37)34-20-10-22-36(40(34)42)38-24-26-12-2-4-14-28(26)30-16-6-8-18-32(30)38/h1-24,41-42H. The van der Waals surface area contributed by atoms with Crippen LogP contribution in [0.4, 0.5) is 0 Å². The number of hydrogen-bond acceptors (Lipinski definition) is 2. The third kappa shape index (κ3) is 3.66. The van der Waals surface area contributed by atoms with Gasteiger partial charge in [-0.3, -0.25) is 0 Å². The fourth-order valence-corrected chi connectivity index (χ4v) is 6.51. The van der Waals surface area contributed by atoms with Gasteiger partial charge < -0.3 is 10.2 Å². The van der Waals surface area contributed by atoms with Gasteiger partial charge in [0.15, 0.2) is 0 Å². The number of fused-ring (bicyclic) bond motifs is 6. The molecule has 8 aromatic rings. The number of benzene rings is 8. The molecule has 0 saturated heterocycles. The van der Waals surface area contributed by atoms with Gasteiger partial charge in [-0.1, -0.05) is 133 Å². The number of para-hydroxylation sites is 2. The van der Waals surface area contributed by atoms with Gasteiger partial charge in [-0.05, 0) is 66.3 Å². The van der Waals surface area contributed by atoms with Crippen LogP contribution in [-0.4, -0.2) is 10.2 Å². The van der Waals surface area contributed by atoms with E-state index in [0.29, 0.717) is 11.1 Å². The molecule has 2 heteroatoms. The fraction of sp³-hybridized carbons (Fsp3) is 0. The molecule has 0 amide bonds. The second-order valence-corrected chi connectivity index (χ2v) is 10.8. The summed E-state index contributed by atoms with van der Waals surface area (Å²) in [4.78, 5) is 0. The molecule has 2 nitrogen and oxygen atoms in total. The van der Waals surface area contributed by atoms with Crippen LogP contribution < -0.4 is 0 Å². The van der Waals surface area contributed by atoms with Crippen LogP contribution in [0.1, 0.15) is 0 Å². The van der Waals surface area contributed by atoms with E-state index in [0.717, 1.165) is 54.6 Å². The predicted octanol–water partition coefficient (Wildman–Crippen LogP) is 10.7. The normalized spacial score (nSPS) is 11.5. The topological polar surface area (TPSA) is 40.5 Å². The van der Waals surface area contributed by atoms with Crippen LogP contribution in [-0.2, 0) is 0 Å². The number of phenolic OH excluding ortho intramolecular Hbond substituents is 2. The van der Waals surface area contributed by atoms with E-state index in [9.17, 15) is 10.2 Å². The Morgan fingerprint density at radius 2 is 0.571 bits per heavy atom. The summed E-state index contributed by atoms with van der Waals surface area (Å²) in [6.07, 6.45) is 0. The van der Waals surface area contributed by atoms with Crippen molar-refractivity contribution in [1.29, 1.82) is 0 Å². The summed E-state index contributed by atoms with van der Waals surface area (Å²) in [5, 5.41) is 32.7. The van der Waals surface area contributed by atoms with E-state index in [4.69, 9.17) is 0 Å². The van der Waals surface area contributed by atoms with E-state index in [1.165, 1.54) is 10.8 Å². The largest absolute Gasteiger partial charge is 0.507 e. The lowest BCUT2D eigenvalue weighted by Crippen LogP contribution is -1.90. The third-order valence-corrected chi connectivity index (χ3v) is 8.48. The lowest BCUT2D eigenvalue weighted by atomic mass is 9.89. The monoisotopic (exact) mass is 538 g/mol. The molecule has 0 bridgehead atoms. The first-order valence-electron chi connectivity index (χ1n) is 14.1. The van der Waals surface area contributed by atoms with E-state index in [-0.39, 0.29) is 11.5 Å². The molecule has 0 fully saturated rings. The Balaban J connectivity index is 1.35. The number of hydrogen-bond donors (Lipinski definition) is 2. The predicted molar refractivity (Wildman–Crippen MR) is 176 cm³/mol. The maximum absolute atomic E-state index is 11.8. The number of phenols is 2. The van der Waals surface area contributed by atoms with Crippen LogP contribution >= 0.6 is 0 Å². The van der Waals surface area contributed by atoms with Crippen LogP contribution in [0.25, 0.3) is 76.5 Å². The highest BCUT2D eigenvalue weighted by Gasteiger charge is 2.19. The molecule has 0 aromatic heterocycles. The summed E-state index contributed by atoms with van der Waals surface area (Å²) >= 11 is 0. The molecule has 0 radical (unpaired) electrons. The minimum atomic E-state index is 0.147. The summed E-state index contributed by atoms with van der Waals surface area (Å²) in [6, 6.07) is 49.2. The molecule has 198 valence electrons. The Hall–Kier alpha value is -5.60. The first kappa shape index (κ1) is 24.2. The Labute approximate surface area is 243 Å². The molecule has 2 N–H and O–H groups in total. The highest BCUT2D eigenvalue weighted by Crippen LogP contribution is 2.47. The zero-order valence-electron chi connectivity index (χ0n) is 22.8. The molecule has 0 heterocycles. The van der Waals surface area contributed by atoms with E-state index in [1.54, 1.807) is 0 Å². The zero-order chi connectivity index (χ0) is 28.2. The maximum atomic E-state index is 11.8. The van der Waals surface area contributed by atoms with Gasteiger partial charge >= 0.3 is 0 Å². The lowest BCUT2D eigenvalue weighted by Gasteiger charge is -2.17. The number of aromatic hydroxyl groups is 2. The van der Waals surface area contributed by atoms with Gasteiger partial charge in [0.25, 0.3) is 0 Å². The average Bonchev–Trinajstić information content (AvgIpc) is 3.05. The van der Waals surface area contributed by atoms with Crippen LogP contribution in [0.5, 0.6) is 11.5 Å². The molecule has 0 aliphatic carbocycles. The van der Waals surface area contributed by atoms with Gasteiger partial charge in [-0.15, -0.1) is 0 Å². The number of rotatable bonds is 3. The molecule has 0 spiro atoms. The molecule has 8 rings (SSSR count). The Kier molecular flexibility index (Phi) is 5.48. The van der Waals surface area contributed by atoms with Gasteiger partial charge in [-0.2, -0.15) is 0 Å². The zero-order valence-corrected chi connectivity index (χ0v) is 22.8. The van der Waals surface area contributed by atoms with Gasteiger partial charge in [0.1, 0.15) is 11.5 Å². The molecule has 0 aliphatic rings. The first-order valence-corrected chi connectivity index (χ1v) is 14.1. The lowest BCUT2D eigenvalue weighted by molar-refractivity contribution is 0.471. The quantitative estimate of drug-likeness (QED) is 0.220. The van der Waals surface area contributed by atoms with Crippen molar-refractivity contribution in [2.24, 2.45) is 0 Å². The second-order valence-electron chi connectivity index (χ2n) is 10.8. The highest BCUT2D eigenvalue weighted by molar-refractivity contribution is 6.16. The summed E-state index contributed by atoms with van der Waals surface area (Å²) in [7, 11) is 0. The molecule has 0 saturated carbocycles. The molecular formula is C40H26O2. The maximum Gasteiger partial charge on any atom is 0.131 e. The van der Waals surface area contributed by atoms with Gasteiger partial charge in [0.05, 0.1) is 0 Å². The summed E-state index contributed by atoms with van der Waals surface area (Å²) in [5.41, 5.74) is 4.56. The summed E-state index contributed by atoms with van der Waals surface area (Å²) < 4.78 is 0.